The van der Waals surface area contributed by atoms with E-state index in [2.05, 4.69) is 120 Å². The summed E-state index contributed by atoms with van der Waals surface area (Å²) in [6, 6.07) is 30.9. The van der Waals surface area contributed by atoms with E-state index in [0.717, 1.165) is 4.47 Å². The largest absolute Gasteiger partial charge is 0.308 e. The molecule has 0 atom stereocenters. The standard InChI is InChI=1S/C27H20BrNS/c1-27(2)20-10-4-5-11-22(20)29(23-15-14-17(28)16-21(23)27)24-12-7-9-19-18-8-3-6-13-25(18)30-26(19)24/h3-16H,1-2H3. The van der Waals surface area contributed by atoms with Crippen LogP contribution in [0.4, 0.5) is 17.1 Å². The van der Waals surface area contributed by atoms with Crippen molar-refractivity contribution in [1.82, 2.24) is 0 Å². The number of rotatable bonds is 1. The van der Waals surface area contributed by atoms with Crippen LogP contribution in [0.5, 0.6) is 0 Å². The first-order chi connectivity index (χ1) is 14.6. The normalized spacial score (nSPS) is 14.7. The Balaban J connectivity index is 1.72. The molecular formula is C27H20BrNS. The summed E-state index contributed by atoms with van der Waals surface area (Å²) in [7, 11) is 0. The first kappa shape index (κ1) is 18.2. The lowest BCUT2D eigenvalue weighted by molar-refractivity contribution is 0.631. The highest BCUT2D eigenvalue weighted by Crippen LogP contribution is 2.54. The smallest absolute Gasteiger partial charge is 0.0640 e. The molecule has 0 fully saturated rings. The topological polar surface area (TPSA) is 3.24 Å². The molecule has 6 rings (SSSR count). The number of benzene rings is 4. The molecule has 2 heterocycles. The van der Waals surface area contributed by atoms with Crippen molar-refractivity contribution in [3.05, 3.63) is 101 Å². The predicted octanol–water partition coefficient (Wildman–Crippen LogP) is 8.93. The van der Waals surface area contributed by atoms with Crippen molar-refractivity contribution in [3.8, 4) is 0 Å². The maximum atomic E-state index is 3.70. The lowest BCUT2D eigenvalue weighted by Crippen LogP contribution is -2.30. The van der Waals surface area contributed by atoms with E-state index < -0.39 is 0 Å². The summed E-state index contributed by atoms with van der Waals surface area (Å²) < 4.78 is 3.79. The van der Waals surface area contributed by atoms with Crippen LogP contribution < -0.4 is 4.90 Å². The van der Waals surface area contributed by atoms with Crippen LogP contribution in [0.15, 0.2) is 89.4 Å². The number of thiophene rings is 1. The van der Waals surface area contributed by atoms with Crippen molar-refractivity contribution in [1.29, 1.82) is 0 Å². The van der Waals surface area contributed by atoms with Gasteiger partial charge in [0.25, 0.3) is 0 Å². The fourth-order valence-corrected chi connectivity index (χ4v) is 6.41. The lowest BCUT2D eigenvalue weighted by Gasteiger charge is -2.42. The Morgan fingerprint density at radius 3 is 2.30 bits per heavy atom. The van der Waals surface area contributed by atoms with Crippen LogP contribution >= 0.6 is 27.3 Å². The summed E-state index contributed by atoms with van der Waals surface area (Å²) in [4.78, 5) is 2.46. The molecule has 0 unspecified atom stereocenters. The van der Waals surface area contributed by atoms with E-state index in [4.69, 9.17) is 0 Å². The lowest BCUT2D eigenvalue weighted by atomic mass is 9.73. The average Bonchev–Trinajstić information content (AvgIpc) is 3.14. The summed E-state index contributed by atoms with van der Waals surface area (Å²) in [6.45, 7) is 4.66. The van der Waals surface area contributed by atoms with Gasteiger partial charge in [-0.15, -0.1) is 11.3 Å². The number of halogens is 1. The zero-order chi connectivity index (χ0) is 20.5. The minimum Gasteiger partial charge on any atom is -0.308 e. The molecule has 0 bridgehead atoms. The third kappa shape index (κ3) is 2.46. The second-order valence-corrected chi connectivity index (χ2v) is 10.4. The van der Waals surface area contributed by atoms with E-state index in [0.29, 0.717) is 0 Å². The summed E-state index contributed by atoms with van der Waals surface area (Å²) in [5.74, 6) is 0. The highest BCUT2D eigenvalue weighted by Gasteiger charge is 2.37. The number of hydrogen-bond acceptors (Lipinski definition) is 2. The molecule has 0 saturated carbocycles. The van der Waals surface area contributed by atoms with Crippen LogP contribution in [0.3, 0.4) is 0 Å². The summed E-state index contributed by atoms with van der Waals surface area (Å²) in [6.07, 6.45) is 0. The van der Waals surface area contributed by atoms with E-state index in [9.17, 15) is 0 Å². The third-order valence-corrected chi connectivity index (χ3v) is 8.02. The van der Waals surface area contributed by atoms with Crippen molar-refractivity contribution >= 4 is 64.5 Å². The Bertz CT molecular complexity index is 1450. The SMILES string of the molecule is CC1(C)c2ccccc2N(c2cccc3c2sc2ccccc23)c2ccc(Br)cc21. The van der Waals surface area contributed by atoms with Gasteiger partial charge < -0.3 is 4.90 Å². The van der Waals surface area contributed by atoms with E-state index in [1.54, 1.807) is 0 Å². The van der Waals surface area contributed by atoms with Gasteiger partial charge in [0.05, 0.1) is 21.8 Å². The van der Waals surface area contributed by atoms with Crippen molar-refractivity contribution in [2.45, 2.75) is 19.3 Å². The van der Waals surface area contributed by atoms with Gasteiger partial charge in [0, 0.05) is 25.4 Å². The quantitative estimate of drug-likeness (QED) is 0.236. The van der Waals surface area contributed by atoms with Crippen LogP contribution in [-0.2, 0) is 5.41 Å². The molecule has 0 radical (unpaired) electrons. The molecule has 5 aromatic rings. The zero-order valence-electron chi connectivity index (χ0n) is 16.8. The highest BCUT2D eigenvalue weighted by molar-refractivity contribution is 9.10. The Kier molecular flexibility index (Phi) is 3.90. The van der Waals surface area contributed by atoms with Gasteiger partial charge in [-0.05, 0) is 47.5 Å². The third-order valence-electron chi connectivity index (χ3n) is 6.32. The van der Waals surface area contributed by atoms with E-state index in [-0.39, 0.29) is 5.41 Å². The minimum atomic E-state index is -0.0692. The Labute approximate surface area is 188 Å². The van der Waals surface area contributed by atoms with Gasteiger partial charge in [0.2, 0.25) is 0 Å². The molecule has 1 aliphatic heterocycles. The first-order valence-corrected chi connectivity index (χ1v) is 11.8. The zero-order valence-corrected chi connectivity index (χ0v) is 19.2. The van der Waals surface area contributed by atoms with E-state index in [1.165, 1.54) is 48.4 Å². The number of fused-ring (bicyclic) bond motifs is 5. The first-order valence-electron chi connectivity index (χ1n) is 10.2. The fraction of sp³-hybridized carbons (Fsp3) is 0.111. The maximum Gasteiger partial charge on any atom is 0.0640 e. The highest BCUT2D eigenvalue weighted by atomic mass is 79.9. The van der Waals surface area contributed by atoms with Gasteiger partial charge in [-0.3, -0.25) is 0 Å². The van der Waals surface area contributed by atoms with Crippen molar-refractivity contribution in [2.24, 2.45) is 0 Å². The van der Waals surface area contributed by atoms with Gasteiger partial charge in [-0.25, -0.2) is 0 Å². The van der Waals surface area contributed by atoms with Crippen molar-refractivity contribution in [2.75, 3.05) is 4.90 Å². The molecule has 30 heavy (non-hydrogen) atoms. The fourth-order valence-electron chi connectivity index (χ4n) is 4.84. The summed E-state index contributed by atoms with van der Waals surface area (Å²) in [5.41, 5.74) is 6.40. The molecule has 1 aromatic heterocycles. The van der Waals surface area contributed by atoms with Gasteiger partial charge in [0.1, 0.15) is 0 Å². The van der Waals surface area contributed by atoms with Crippen LogP contribution in [0, 0.1) is 0 Å². The second kappa shape index (κ2) is 6.44. The number of anilines is 3. The van der Waals surface area contributed by atoms with Crippen LogP contribution in [0.25, 0.3) is 20.2 Å². The van der Waals surface area contributed by atoms with Gasteiger partial charge in [-0.2, -0.15) is 0 Å². The average molecular weight is 470 g/mol. The minimum absolute atomic E-state index is 0.0692. The van der Waals surface area contributed by atoms with Crippen LogP contribution in [0.1, 0.15) is 25.0 Å². The molecule has 1 nitrogen and oxygen atoms in total. The monoisotopic (exact) mass is 469 g/mol. The van der Waals surface area contributed by atoms with Crippen LogP contribution in [-0.4, -0.2) is 0 Å². The predicted molar refractivity (Wildman–Crippen MR) is 134 cm³/mol. The summed E-state index contributed by atoms with van der Waals surface area (Å²) >= 11 is 5.59. The molecule has 146 valence electrons. The molecule has 0 amide bonds. The van der Waals surface area contributed by atoms with Gasteiger partial charge in [-0.1, -0.05) is 78.3 Å². The second-order valence-electron chi connectivity index (χ2n) is 8.39. The molecule has 0 saturated heterocycles. The Hall–Kier alpha value is -2.62. The van der Waals surface area contributed by atoms with Crippen molar-refractivity contribution < 1.29 is 0 Å². The van der Waals surface area contributed by atoms with Gasteiger partial charge >= 0.3 is 0 Å². The van der Waals surface area contributed by atoms with Crippen LogP contribution in [0.2, 0.25) is 0 Å². The van der Waals surface area contributed by atoms with Crippen molar-refractivity contribution in [3.63, 3.8) is 0 Å². The summed E-state index contributed by atoms with van der Waals surface area (Å²) in [5, 5.41) is 2.66. The number of nitrogens with zero attached hydrogens (tertiary/aromatic N) is 1. The maximum absolute atomic E-state index is 3.70. The Morgan fingerprint density at radius 2 is 1.40 bits per heavy atom. The molecule has 0 aliphatic carbocycles. The molecule has 4 aromatic carbocycles. The number of hydrogen-bond donors (Lipinski definition) is 0. The van der Waals surface area contributed by atoms with E-state index in [1.807, 2.05) is 11.3 Å². The molecule has 1 aliphatic rings. The molecular weight excluding hydrogens is 450 g/mol. The molecule has 0 N–H and O–H groups in total. The molecule has 3 heteroatoms. The Morgan fingerprint density at radius 1 is 0.700 bits per heavy atom. The van der Waals surface area contributed by atoms with E-state index >= 15 is 0 Å². The molecule has 0 spiro atoms. The number of para-hydroxylation sites is 1. The van der Waals surface area contributed by atoms with Gasteiger partial charge in [0.15, 0.2) is 0 Å².